The molecule has 0 radical (unpaired) electrons. The molecule has 0 aromatic heterocycles. The Labute approximate surface area is 190 Å². The van der Waals surface area contributed by atoms with E-state index in [0.717, 1.165) is 0 Å². The molecule has 33 heavy (non-hydrogen) atoms. The predicted octanol–water partition coefficient (Wildman–Crippen LogP) is 2.16. The quantitative estimate of drug-likeness (QED) is 0.570. The summed E-state index contributed by atoms with van der Waals surface area (Å²) in [5.41, 5.74) is 0.778. The second-order valence-corrected chi connectivity index (χ2v) is 7.56. The van der Waals surface area contributed by atoms with E-state index in [-0.39, 0.29) is 13.2 Å². The minimum Gasteiger partial charge on any atom is -0.482 e. The number of rotatable bonds is 6. The van der Waals surface area contributed by atoms with Crippen LogP contribution in [0.4, 0.5) is 14.9 Å². The smallest absolute Gasteiger partial charge is 0.343 e. The van der Waals surface area contributed by atoms with Crippen molar-refractivity contribution in [2.24, 2.45) is 0 Å². The van der Waals surface area contributed by atoms with E-state index in [0.29, 0.717) is 36.4 Å². The SMILES string of the molecule is COC(=O)COc1ccc(C(=O)N[C@H]2CN(C(=O)Nc3ccc(F)cc3)CCC[C@H]2O)cc1. The standard InChI is InChI=1S/C23H26FN3O6/c1-32-21(29)14-33-18-10-4-15(5-11-18)22(30)26-19-13-27(12-2-3-20(19)28)23(31)25-17-8-6-16(24)7-9-17/h4-11,19-20,28H,2-3,12-14H2,1H3,(H,25,31)(H,26,30)/t19-,20+/m0/s1. The zero-order valence-corrected chi connectivity index (χ0v) is 18.1. The lowest BCUT2D eigenvalue weighted by atomic mass is 10.1. The van der Waals surface area contributed by atoms with Crippen molar-refractivity contribution in [1.82, 2.24) is 10.2 Å². The molecular weight excluding hydrogens is 433 g/mol. The van der Waals surface area contributed by atoms with Gasteiger partial charge in [-0.3, -0.25) is 4.79 Å². The van der Waals surface area contributed by atoms with Gasteiger partial charge in [0, 0.05) is 24.3 Å². The first-order chi connectivity index (χ1) is 15.9. The topological polar surface area (TPSA) is 117 Å². The number of hydrogen-bond donors (Lipinski definition) is 3. The van der Waals surface area contributed by atoms with Crippen molar-refractivity contribution in [3.63, 3.8) is 0 Å². The maximum Gasteiger partial charge on any atom is 0.343 e. The number of hydrogen-bond acceptors (Lipinski definition) is 6. The number of carbonyl (C=O) groups excluding carboxylic acids is 3. The van der Waals surface area contributed by atoms with Crippen molar-refractivity contribution in [3.8, 4) is 5.75 Å². The molecule has 3 rings (SSSR count). The van der Waals surface area contributed by atoms with Gasteiger partial charge in [0.1, 0.15) is 11.6 Å². The summed E-state index contributed by atoms with van der Waals surface area (Å²) in [6, 6.07) is 10.5. The van der Waals surface area contributed by atoms with Crippen LogP contribution in [0.1, 0.15) is 23.2 Å². The molecule has 1 aliphatic heterocycles. The molecule has 176 valence electrons. The van der Waals surface area contributed by atoms with Crippen LogP contribution < -0.4 is 15.4 Å². The van der Waals surface area contributed by atoms with Crippen molar-refractivity contribution < 1.29 is 33.4 Å². The Morgan fingerprint density at radius 3 is 2.48 bits per heavy atom. The molecule has 3 N–H and O–H groups in total. The summed E-state index contributed by atoms with van der Waals surface area (Å²) in [5, 5.41) is 16.0. The minimum atomic E-state index is -0.819. The van der Waals surface area contributed by atoms with Gasteiger partial charge < -0.3 is 30.1 Å². The highest BCUT2D eigenvalue weighted by Crippen LogP contribution is 2.17. The summed E-state index contributed by atoms with van der Waals surface area (Å²) in [4.78, 5) is 38.0. The molecule has 1 saturated heterocycles. The number of aliphatic hydroxyl groups is 1. The van der Waals surface area contributed by atoms with E-state index >= 15 is 0 Å². The Kier molecular flexibility index (Phi) is 8.20. The lowest BCUT2D eigenvalue weighted by Gasteiger charge is -2.27. The second kappa shape index (κ2) is 11.3. The Bertz CT molecular complexity index is 967. The van der Waals surface area contributed by atoms with Crippen LogP contribution in [-0.4, -0.2) is 66.9 Å². The first-order valence-electron chi connectivity index (χ1n) is 10.5. The van der Waals surface area contributed by atoms with E-state index in [2.05, 4.69) is 15.4 Å². The maximum absolute atomic E-state index is 13.1. The number of urea groups is 1. The number of carbonyl (C=O) groups is 3. The minimum absolute atomic E-state index is 0.111. The molecular formula is C23H26FN3O6. The van der Waals surface area contributed by atoms with Gasteiger partial charge in [-0.1, -0.05) is 0 Å². The van der Waals surface area contributed by atoms with Crippen LogP contribution in [0.2, 0.25) is 0 Å². The van der Waals surface area contributed by atoms with Crippen molar-refractivity contribution in [3.05, 3.63) is 59.9 Å². The molecule has 0 spiro atoms. The van der Waals surface area contributed by atoms with E-state index in [1.807, 2.05) is 0 Å². The van der Waals surface area contributed by atoms with Gasteiger partial charge in [0.15, 0.2) is 6.61 Å². The second-order valence-electron chi connectivity index (χ2n) is 7.56. The van der Waals surface area contributed by atoms with E-state index in [1.54, 1.807) is 12.1 Å². The number of halogens is 1. The summed E-state index contributed by atoms with van der Waals surface area (Å²) in [6.07, 6.45) is 0.169. The lowest BCUT2D eigenvalue weighted by molar-refractivity contribution is -0.142. The van der Waals surface area contributed by atoms with Gasteiger partial charge in [0.25, 0.3) is 5.91 Å². The van der Waals surface area contributed by atoms with E-state index in [1.165, 1.54) is 48.4 Å². The molecule has 1 aliphatic rings. The third-order valence-corrected chi connectivity index (χ3v) is 5.21. The summed E-state index contributed by atoms with van der Waals surface area (Å²) in [5.74, 6) is -0.946. The molecule has 9 nitrogen and oxygen atoms in total. The van der Waals surface area contributed by atoms with Gasteiger partial charge in [0.05, 0.1) is 19.3 Å². The summed E-state index contributed by atoms with van der Waals surface area (Å²) < 4.78 is 22.8. The predicted molar refractivity (Wildman–Crippen MR) is 117 cm³/mol. The number of likely N-dealkylation sites (tertiary alicyclic amines) is 1. The molecule has 2 atom stereocenters. The largest absolute Gasteiger partial charge is 0.482 e. The number of anilines is 1. The van der Waals surface area contributed by atoms with Crippen LogP contribution in [0.3, 0.4) is 0 Å². The average molecular weight is 459 g/mol. The monoisotopic (exact) mass is 459 g/mol. The zero-order valence-electron chi connectivity index (χ0n) is 18.1. The molecule has 2 aromatic carbocycles. The Balaban J connectivity index is 1.59. The highest BCUT2D eigenvalue weighted by Gasteiger charge is 2.29. The van der Waals surface area contributed by atoms with Crippen LogP contribution in [-0.2, 0) is 9.53 Å². The van der Waals surface area contributed by atoms with Crippen LogP contribution in [0.25, 0.3) is 0 Å². The molecule has 1 heterocycles. The number of benzene rings is 2. The van der Waals surface area contributed by atoms with Crippen LogP contribution in [0, 0.1) is 5.82 Å². The van der Waals surface area contributed by atoms with Crippen molar-refractivity contribution in [2.75, 3.05) is 32.1 Å². The molecule has 2 aromatic rings. The number of aliphatic hydroxyl groups excluding tert-OH is 1. The summed E-state index contributed by atoms with van der Waals surface area (Å²) in [7, 11) is 1.26. The number of ether oxygens (including phenoxy) is 2. The molecule has 0 unspecified atom stereocenters. The van der Waals surface area contributed by atoms with E-state index in [4.69, 9.17) is 4.74 Å². The fourth-order valence-corrected chi connectivity index (χ4v) is 3.36. The third kappa shape index (κ3) is 6.91. The summed E-state index contributed by atoms with van der Waals surface area (Å²) >= 11 is 0. The van der Waals surface area contributed by atoms with Crippen molar-refractivity contribution >= 4 is 23.6 Å². The van der Waals surface area contributed by atoms with Crippen molar-refractivity contribution in [1.29, 1.82) is 0 Å². The van der Waals surface area contributed by atoms with E-state index < -0.39 is 35.9 Å². The molecule has 1 fully saturated rings. The fraction of sp³-hybridized carbons (Fsp3) is 0.348. The third-order valence-electron chi connectivity index (χ3n) is 5.21. The molecule has 0 bridgehead atoms. The number of methoxy groups -OCH3 is 1. The van der Waals surface area contributed by atoms with E-state index in [9.17, 15) is 23.9 Å². The normalized spacial score (nSPS) is 18.1. The highest BCUT2D eigenvalue weighted by atomic mass is 19.1. The molecule has 0 aliphatic carbocycles. The molecule has 0 saturated carbocycles. The van der Waals surface area contributed by atoms with Gasteiger partial charge in [-0.25, -0.2) is 14.0 Å². The Hall–Kier alpha value is -3.66. The average Bonchev–Trinajstić information content (AvgIpc) is 3.00. The first kappa shape index (κ1) is 24.0. The van der Waals surface area contributed by atoms with Crippen LogP contribution in [0.15, 0.2) is 48.5 Å². The fourth-order valence-electron chi connectivity index (χ4n) is 3.36. The number of amides is 3. The summed E-state index contributed by atoms with van der Waals surface area (Å²) in [6.45, 7) is 0.273. The Morgan fingerprint density at radius 1 is 1.12 bits per heavy atom. The molecule has 10 heteroatoms. The lowest BCUT2D eigenvalue weighted by Crippen LogP contribution is -2.50. The number of nitrogens with one attached hydrogen (secondary N) is 2. The van der Waals surface area contributed by atoms with Gasteiger partial charge in [-0.2, -0.15) is 0 Å². The van der Waals surface area contributed by atoms with Crippen molar-refractivity contribution in [2.45, 2.75) is 25.0 Å². The van der Waals surface area contributed by atoms with Gasteiger partial charge in [-0.05, 0) is 61.4 Å². The highest BCUT2D eigenvalue weighted by molar-refractivity contribution is 5.94. The number of nitrogens with zero attached hydrogens (tertiary/aromatic N) is 1. The van der Waals surface area contributed by atoms with Gasteiger partial charge >= 0.3 is 12.0 Å². The van der Waals surface area contributed by atoms with Gasteiger partial charge in [-0.15, -0.1) is 0 Å². The zero-order chi connectivity index (χ0) is 23.8. The Morgan fingerprint density at radius 2 is 1.82 bits per heavy atom. The van der Waals surface area contributed by atoms with Gasteiger partial charge in [0.2, 0.25) is 0 Å². The number of esters is 1. The van der Waals surface area contributed by atoms with Crippen LogP contribution >= 0.6 is 0 Å². The molecule has 3 amide bonds. The maximum atomic E-state index is 13.1. The van der Waals surface area contributed by atoms with Crippen LogP contribution in [0.5, 0.6) is 5.75 Å². The first-order valence-corrected chi connectivity index (χ1v) is 10.5.